The number of fused-ring (bicyclic) bond motifs is 1. The maximum Gasteiger partial charge on any atom is 0.332 e. The van der Waals surface area contributed by atoms with E-state index in [1.807, 2.05) is 0 Å². The molecule has 0 saturated carbocycles. The average molecular weight is 369 g/mol. The van der Waals surface area contributed by atoms with Crippen LogP contribution in [0.25, 0.3) is 6.08 Å². The number of nitrogens with zero attached hydrogens (tertiary/aromatic N) is 2. The minimum Gasteiger partial charge on any atom is -0.350 e. The lowest BCUT2D eigenvalue weighted by Gasteiger charge is -2.26. The lowest BCUT2D eigenvalue weighted by molar-refractivity contribution is -0.116. The Balaban J connectivity index is 1.70. The Kier molecular flexibility index (Phi) is 5.97. The minimum atomic E-state index is -0.853. The normalized spacial score (nSPS) is 18.2. The van der Waals surface area contributed by atoms with Gasteiger partial charge >= 0.3 is 6.03 Å². The van der Waals surface area contributed by atoms with Gasteiger partial charge in [-0.3, -0.25) is 9.59 Å². The second kappa shape index (κ2) is 8.59. The number of piperidine rings is 1. The topological polar surface area (TPSA) is 117 Å². The molecule has 1 heterocycles. The average Bonchev–Trinajstić information content (AvgIpc) is 2.66. The summed E-state index contributed by atoms with van der Waals surface area (Å²) in [5, 5.41) is 6.55. The van der Waals surface area contributed by atoms with Crippen LogP contribution in [0.15, 0.2) is 29.4 Å². The summed E-state index contributed by atoms with van der Waals surface area (Å²) in [6.45, 7) is 2.78. The van der Waals surface area contributed by atoms with E-state index in [0.29, 0.717) is 29.8 Å². The number of carbonyl (C=O) groups is 3. The summed E-state index contributed by atoms with van der Waals surface area (Å²) in [4.78, 5) is 38.2. The molecule has 8 heteroatoms. The van der Waals surface area contributed by atoms with E-state index in [4.69, 9.17) is 5.73 Å². The molecule has 2 aliphatic rings. The number of ketones is 1. The molecule has 8 nitrogen and oxygen atoms in total. The van der Waals surface area contributed by atoms with Crippen molar-refractivity contribution in [3.05, 3.63) is 35.4 Å². The third-order valence-corrected chi connectivity index (χ3v) is 4.64. The number of hydrogen-bond acceptors (Lipinski definition) is 5. The molecule has 1 aliphatic heterocycles. The van der Waals surface area contributed by atoms with Crippen LogP contribution in [-0.4, -0.2) is 48.0 Å². The summed E-state index contributed by atoms with van der Waals surface area (Å²) in [5.74, 6) is -0.516. The van der Waals surface area contributed by atoms with Crippen LogP contribution in [0.3, 0.4) is 0 Å². The van der Waals surface area contributed by atoms with Gasteiger partial charge in [0.05, 0.1) is 11.3 Å². The number of urea groups is 1. The first-order valence-corrected chi connectivity index (χ1v) is 9.06. The van der Waals surface area contributed by atoms with Gasteiger partial charge in [-0.25, -0.2) is 10.2 Å². The van der Waals surface area contributed by atoms with Crippen molar-refractivity contribution < 1.29 is 14.4 Å². The molecule has 1 aromatic rings. The van der Waals surface area contributed by atoms with E-state index in [-0.39, 0.29) is 17.4 Å². The second-order valence-electron chi connectivity index (χ2n) is 6.61. The quantitative estimate of drug-likeness (QED) is 0.685. The highest BCUT2D eigenvalue weighted by molar-refractivity contribution is 6.53. The number of nitrogens with two attached hydrogens (primary N) is 1. The summed E-state index contributed by atoms with van der Waals surface area (Å²) in [6.07, 6.45) is 7.19. The van der Waals surface area contributed by atoms with Gasteiger partial charge in [0.2, 0.25) is 11.7 Å². The number of anilines is 1. The number of Topliss-reactive ketones (excluding diaryl/α,β-unsaturated/α-hetero) is 1. The Bertz CT molecular complexity index is 810. The molecule has 142 valence electrons. The van der Waals surface area contributed by atoms with Gasteiger partial charge in [-0.1, -0.05) is 24.6 Å². The van der Waals surface area contributed by atoms with Gasteiger partial charge in [0.15, 0.2) is 0 Å². The number of carbonyl (C=O) groups excluding carboxylic acids is 3. The monoisotopic (exact) mass is 369 g/mol. The highest BCUT2D eigenvalue weighted by Crippen LogP contribution is 2.26. The number of allylic oxidation sites excluding steroid dienone is 1. The van der Waals surface area contributed by atoms with Crippen molar-refractivity contribution in [1.82, 2.24) is 10.3 Å². The van der Waals surface area contributed by atoms with E-state index in [2.05, 4.69) is 20.7 Å². The Morgan fingerprint density at radius 2 is 1.93 bits per heavy atom. The largest absolute Gasteiger partial charge is 0.350 e. The number of nitrogens with one attached hydrogen (secondary N) is 2. The highest BCUT2D eigenvalue weighted by Gasteiger charge is 2.24. The summed E-state index contributed by atoms with van der Waals surface area (Å²) in [7, 11) is 0. The zero-order valence-corrected chi connectivity index (χ0v) is 15.0. The summed E-state index contributed by atoms with van der Waals surface area (Å²) < 4.78 is 0. The van der Waals surface area contributed by atoms with Crippen LogP contribution in [0.2, 0.25) is 0 Å². The van der Waals surface area contributed by atoms with E-state index in [9.17, 15) is 14.4 Å². The molecule has 3 amide bonds. The van der Waals surface area contributed by atoms with Crippen molar-refractivity contribution in [1.29, 1.82) is 0 Å². The predicted molar refractivity (Wildman–Crippen MR) is 103 cm³/mol. The van der Waals surface area contributed by atoms with Crippen LogP contribution < -0.4 is 16.5 Å². The number of likely N-dealkylation sites (tertiary alicyclic amines) is 1. The molecule has 0 aromatic heterocycles. The summed E-state index contributed by atoms with van der Waals surface area (Å²) in [6, 6.07) is 4.40. The van der Waals surface area contributed by atoms with E-state index in [1.165, 1.54) is 25.3 Å². The zero-order chi connectivity index (χ0) is 19.2. The molecule has 0 unspecified atom stereocenters. The fourth-order valence-electron chi connectivity index (χ4n) is 3.30. The van der Waals surface area contributed by atoms with E-state index >= 15 is 0 Å². The third kappa shape index (κ3) is 4.79. The second-order valence-corrected chi connectivity index (χ2v) is 6.61. The van der Waals surface area contributed by atoms with Crippen molar-refractivity contribution in [2.75, 3.05) is 25.0 Å². The number of hydrazone groups is 1. The first-order valence-electron chi connectivity index (χ1n) is 9.06. The fraction of sp³-hybridized carbons (Fsp3) is 0.368. The molecule has 0 spiro atoms. The first-order chi connectivity index (χ1) is 13.0. The predicted octanol–water partition coefficient (Wildman–Crippen LogP) is 1.73. The molecule has 1 fully saturated rings. The SMILES string of the molecule is NC(=O)NN=C1C=Cc2cccc(NC(=O)CCN3CCCCC3)c2C1=O. The number of rotatable bonds is 5. The van der Waals surface area contributed by atoms with Crippen LogP contribution in [0.5, 0.6) is 0 Å². The summed E-state index contributed by atoms with van der Waals surface area (Å²) >= 11 is 0. The lowest BCUT2D eigenvalue weighted by Crippen LogP contribution is -2.32. The van der Waals surface area contributed by atoms with E-state index in [1.54, 1.807) is 24.3 Å². The van der Waals surface area contributed by atoms with E-state index in [0.717, 1.165) is 13.1 Å². The highest BCUT2D eigenvalue weighted by atomic mass is 16.2. The maximum absolute atomic E-state index is 12.7. The molecule has 1 aromatic carbocycles. The Hall–Kier alpha value is -3.00. The number of primary amides is 1. The maximum atomic E-state index is 12.7. The Morgan fingerprint density at radius 3 is 2.67 bits per heavy atom. The Labute approximate surface area is 157 Å². The molecule has 3 rings (SSSR count). The van der Waals surface area contributed by atoms with Crippen LogP contribution in [0.1, 0.15) is 41.6 Å². The van der Waals surface area contributed by atoms with Gasteiger partial charge in [-0.05, 0) is 43.6 Å². The standard InChI is InChI=1S/C19H23N5O3/c20-19(27)23-22-15-8-7-13-5-4-6-14(17(13)18(15)26)21-16(25)9-12-24-10-2-1-3-11-24/h4-8H,1-3,9-12H2,(H,21,25)(H3,20,23,27). The van der Waals surface area contributed by atoms with Crippen LogP contribution >= 0.6 is 0 Å². The lowest BCUT2D eigenvalue weighted by atomic mass is 9.93. The molecule has 27 heavy (non-hydrogen) atoms. The summed E-state index contributed by atoms with van der Waals surface area (Å²) in [5.41, 5.74) is 8.58. The van der Waals surface area contributed by atoms with Gasteiger partial charge in [0, 0.05) is 13.0 Å². The molecule has 1 aliphatic carbocycles. The van der Waals surface area contributed by atoms with Crippen molar-refractivity contribution in [3.63, 3.8) is 0 Å². The molecule has 0 atom stereocenters. The molecular formula is C19H23N5O3. The molecule has 4 N–H and O–H groups in total. The van der Waals surface area contributed by atoms with Crippen molar-refractivity contribution in [2.24, 2.45) is 10.8 Å². The molecular weight excluding hydrogens is 346 g/mol. The number of benzene rings is 1. The molecule has 0 radical (unpaired) electrons. The van der Waals surface area contributed by atoms with Crippen LogP contribution in [-0.2, 0) is 4.79 Å². The zero-order valence-electron chi connectivity index (χ0n) is 15.0. The fourth-order valence-corrected chi connectivity index (χ4v) is 3.30. The van der Waals surface area contributed by atoms with Gasteiger partial charge in [0.1, 0.15) is 5.71 Å². The van der Waals surface area contributed by atoms with E-state index < -0.39 is 6.03 Å². The van der Waals surface area contributed by atoms with Gasteiger partial charge in [-0.15, -0.1) is 0 Å². The van der Waals surface area contributed by atoms with Crippen molar-refractivity contribution in [2.45, 2.75) is 25.7 Å². The van der Waals surface area contributed by atoms with Gasteiger partial charge in [-0.2, -0.15) is 5.10 Å². The molecule has 0 bridgehead atoms. The third-order valence-electron chi connectivity index (χ3n) is 4.64. The number of hydrogen-bond donors (Lipinski definition) is 3. The minimum absolute atomic E-state index is 0.0521. The number of amides is 3. The van der Waals surface area contributed by atoms with Crippen LogP contribution in [0, 0.1) is 0 Å². The van der Waals surface area contributed by atoms with Gasteiger partial charge in [0.25, 0.3) is 0 Å². The van der Waals surface area contributed by atoms with Gasteiger partial charge < -0.3 is 16.0 Å². The first kappa shape index (κ1) is 18.8. The Morgan fingerprint density at radius 1 is 1.15 bits per heavy atom. The van der Waals surface area contributed by atoms with Crippen LogP contribution in [0.4, 0.5) is 10.5 Å². The smallest absolute Gasteiger partial charge is 0.332 e. The molecule has 1 saturated heterocycles. The van der Waals surface area contributed by atoms with Crippen molar-refractivity contribution in [3.8, 4) is 0 Å². The van der Waals surface area contributed by atoms with Crippen molar-refractivity contribution >= 4 is 35.2 Å².